The third-order valence-corrected chi connectivity index (χ3v) is 11.0. The number of hydrogen-bond donors (Lipinski definition) is 0. The van der Waals surface area contributed by atoms with Crippen molar-refractivity contribution < 1.29 is 0 Å². The van der Waals surface area contributed by atoms with E-state index < -0.39 is 0 Å². The summed E-state index contributed by atoms with van der Waals surface area (Å²) in [6.07, 6.45) is 23.7. The van der Waals surface area contributed by atoms with Gasteiger partial charge in [0.15, 0.2) is 0 Å². The summed E-state index contributed by atoms with van der Waals surface area (Å²) in [6, 6.07) is 5.11. The van der Waals surface area contributed by atoms with Crippen molar-refractivity contribution in [3.8, 4) is 0 Å². The second-order valence-electron chi connectivity index (χ2n) is 9.96. The second-order valence-corrected chi connectivity index (χ2v) is 15.4. The van der Waals surface area contributed by atoms with Gasteiger partial charge in [0.2, 0.25) is 0 Å². The Morgan fingerprint density at radius 2 is 0.971 bits per heavy atom. The van der Waals surface area contributed by atoms with Gasteiger partial charge in [-0.25, -0.2) is 0 Å². The van der Waals surface area contributed by atoms with Crippen LogP contribution < -0.4 is 10.4 Å². The summed E-state index contributed by atoms with van der Waals surface area (Å²) in [5.41, 5.74) is 3.13. The van der Waals surface area contributed by atoms with Gasteiger partial charge in [-0.05, 0) is 70.2 Å². The summed E-state index contributed by atoms with van der Waals surface area (Å²) in [6.45, 7) is 4.60. The van der Waals surface area contributed by atoms with Crippen LogP contribution in [0.15, 0.2) is 21.9 Å². The molecule has 2 atom stereocenters. The van der Waals surface area contributed by atoms with Crippen LogP contribution in [0.3, 0.4) is 0 Å². The molecule has 2 unspecified atom stereocenters. The molecule has 2 aliphatic heterocycles. The van der Waals surface area contributed by atoms with Crippen molar-refractivity contribution in [3.63, 3.8) is 0 Å². The summed E-state index contributed by atoms with van der Waals surface area (Å²) in [5.74, 6) is 0. The molecule has 0 aliphatic carbocycles. The average Bonchev–Trinajstić information content (AvgIpc) is 3.41. The Bertz CT molecular complexity index is 1000. The lowest BCUT2D eigenvalue weighted by Crippen LogP contribution is -2.15. The standard InChI is InChI=1S/C30H40Br2S2/c1-3-5-7-9-11-13-15-21-17-25-26(29-23(21)19-27(31)33-29)18-22(16-14-12-10-8-6-4-2)24-20-28(32)34-30(24)25/h17-20,27-28H,3-16H2,1-2H3. The number of alkyl halides is 2. The van der Waals surface area contributed by atoms with Crippen LogP contribution in [-0.2, 0) is 12.8 Å². The topological polar surface area (TPSA) is 0 Å². The molecule has 2 heterocycles. The predicted octanol–water partition coefficient (Wildman–Crippen LogP) is 9.86. The lowest BCUT2D eigenvalue weighted by atomic mass is 9.95. The van der Waals surface area contributed by atoms with E-state index >= 15 is 0 Å². The van der Waals surface area contributed by atoms with Crippen LogP contribution in [0.4, 0.5) is 0 Å². The Morgan fingerprint density at radius 1 is 0.588 bits per heavy atom. The van der Waals surface area contributed by atoms with Gasteiger partial charge in [-0.15, -0.1) is 23.5 Å². The van der Waals surface area contributed by atoms with E-state index in [0.29, 0.717) is 8.32 Å². The fraction of sp³-hybridized carbons (Fsp3) is 0.600. The third-order valence-electron chi connectivity index (χ3n) is 7.25. The van der Waals surface area contributed by atoms with Gasteiger partial charge in [0.05, 0.1) is 8.32 Å². The van der Waals surface area contributed by atoms with Gasteiger partial charge in [0.25, 0.3) is 0 Å². The molecule has 2 aromatic rings. The Kier molecular flexibility index (Phi) is 10.8. The maximum atomic E-state index is 3.90. The van der Waals surface area contributed by atoms with E-state index in [1.165, 1.54) is 121 Å². The molecule has 186 valence electrons. The van der Waals surface area contributed by atoms with E-state index in [9.17, 15) is 0 Å². The molecule has 0 aromatic heterocycles. The number of halogens is 2. The van der Waals surface area contributed by atoms with Crippen molar-refractivity contribution in [3.05, 3.63) is 33.7 Å². The zero-order valence-electron chi connectivity index (χ0n) is 20.9. The maximum Gasteiger partial charge on any atom is 0.0836 e. The maximum absolute atomic E-state index is 3.90. The number of benzene rings is 2. The molecule has 34 heavy (non-hydrogen) atoms. The molecule has 0 bridgehead atoms. The van der Waals surface area contributed by atoms with Gasteiger partial charge < -0.3 is 0 Å². The molecule has 2 aliphatic rings. The van der Waals surface area contributed by atoms with Crippen LogP contribution in [0.25, 0.3) is 22.9 Å². The highest BCUT2D eigenvalue weighted by Crippen LogP contribution is 2.42. The van der Waals surface area contributed by atoms with Gasteiger partial charge in [-0.3, -0.25) is 0 Å². The number of unbranched alkanes of at least 4 members (excludes halogenated alkanes) is 10. The minimum Gasteiger partial charge on any atom is -0.106 e. The van der Waals surface area contributed by atoms with Crippen molar-refractivity contribution in [1.82, 2.24) is 0 Å². The molecule has 2 aromatic carbocycles. The first-order valence-corrected chi connectivity index (χ1v) is 17.2. The number of fused-ring (bicyclic) bond motifs is 5. The number of rotatable bonds is 14. The molecule has 0 nitrogen and oxygen atoms in total. The fourth-order valence-electron chi connectivity index (χ4n) is 5.40. The van der Waals surface area contributed by atoms with Gasteiger partial charge in [0.1, 0.15) is 0 Å². The number of aryl methyl sites for hydroxylation is 2. The Balaban J connectivity index is 1.61. The van der Waals surface area contributed by atoms with E-state index in [2.05, 4.69) is 70.0 Å². The summed E-state index contributed by atoms with van der Waals surface area (Å²) in [7, 11) is 0. The summed E-state index contributed by atoms with van der Waals surface area (Å²) in [5, 5.41) is 6.01. The minimum absolute atomic E-state index is 0.398. The average molecular weight is 625 g/mol. The minimum atomic E-state index is 0.398. The van der Waals surface area contributed by atoms with Crippen molar-refractivity contribution in [2.45, 2.75) is 122 Å². The lowest BCUT2D eigenvalue weighted by Gasteiger charge is -2.14. The summed E-state index contributed by atoms with van der Waals surface area (Å²) in [4.78, 5) is 3.04. The van der Waals surface area contributed by atoms with Crippen LogP contribution in [0, 0.1) is 0 Å². The molecule has 0 saturated carbocycles. The highest BCUT2D eigenvalue weighted by atomic mass is 79.9. The molecule has 0 amide bonds. The van der Waals surface area contributed by atoms with Gasteiger partial charge in [-0.1, -0.05) is 122 Å². The zero-order chi connectivity index (χ0) is 23.9. The van der Waals surface area contributed by atoms with Gasteiger partial charge >= 0.3 is 0 Å². The Labute approximate surface area is 232 Å². The number of thioether (sulfide) groups is 2. The molecule has 0 spiro atoms. The van der Waals surface area contributed by atoms with E-state index in [0.717, 1.165) is 0 Å². The van der Waals surface area contributed by atoms with E-state index in [4.69, 9.17) is 0 Å². The van der Waals surface area contributed by atoms with Crippen LogP contribution in [0.2, 0.25) is 0 Å². The second kappa shape index (κ2) is 13.6. The van der Waals surface area contributed by atoms with Crippen LogP contribution in [-0.4, -0.2) is 8.32 Å². The molecular formula is C30H40Br2S2. The zero-order valence-corrected chi connectivity index (χ0v) is 25.7. The van der Waals surface area contributed by atoms with Gasteiger partial charge in [0, 0.05) is 9.79 Å². The fourth-order valence-corrected chi connectivity index (χ4v) is 9.15. The third kappa shape index (κ3) is 6.69. The van der Waals surface area contributed by atoms with Crippen molar-refractivity contribution in [2.24, 2.45) is 0 Å². The monoisotopic (exact) mass is 622 g/mol. The quantitative estimate of drug-likeness (QED) is 0.152. The van der Waals surface area contributed by atoms with E-state index in [1.807, 2.05) is 23.5 Å². The SMILES string of the molecule is CCCCCCCCc1cc2c3c(c(CCCCCCCC)cc2c2c1=CC(Br)S2)=CC(Br)S3. The van der Waals surface area contributed by atoms with E-state index in [-0.39, 0.29) is 0 Å². The van der Waals surface area contributed by atoms with Crippen molar-refractivity contribution in [1.29, 1.82) is 0 Å². The normalized spacial score (nSPS) is 18.7. The molecule has 4 heteroatoms. The molecule has 0 fully saturated rings. The lowest BCUT2D eigenvalue weighted by molar-refractivity contribution is 0.606. The van der Waals surface area contributed by atoms with Crippen molar-refractivity contribution in [2.75, 3.05) is 0 Å². The van der Waals surface area contributed by atoms with Crippen LogP contribution in [0.5, 0.6) is 0 Å². The van der Waals surface area contributed by atoms with Crippen molar-refractivity contribution >= 4 is 78.3 Å². The number of hydrogen-bond acceptors (Lipinski definition) is 2. The molecule has 4 rings (SSSR count). The van der Waals surface area contributed by atoms with Crippen LogP contribution in [0.1, 0.15) is 102 Å². The molecule has 0 saturated heterocycles. The smallest absolute Gasteiger partial charge is 0.0836 e. The summed E-state index contributed by atoms with van der Waals surface area (Å²) >= 11 is 11.8. The Morgan fingerprint density at radius 3 is 1.38 bits per heavy atom. The first-order chi connectivity index (χ1) is 16.6. The van der Waals surface area contributed by atoms with Crippen LogP contribution >= 0.6 is 55.4 Å². The van der Waals surface area contributed by atoms with Gasteiger partial charge in [-0.2, -0.15) is 0 Å². The molecular weight excluding hydrogens is 584 g/mol. The molecule has 0 radical (unpaired) electrons. The first kappa shape index (κ1) is 27.1. The first-order valence-electron chi connectivity index (χ1n) is 13.6. The largest absolute Gasteiger partial charge is 0.106 e. The highest BCUT2D eigenvalue weighted by Gasteiger charge is 2.24. The predicted molar refractivity (Wildman–Crippen MR) is 163 cm³/mol. The molecule has 0 N–H and O–H groups in total. The van der Waals surface area contributed by atoms with E-state index in [1.54, 1.807) is 11.1 Å². The summed E-state index contributed by atoms with van der Waals surface area (Å²) < 4.78 is 0.796. The highest BCUT2D eigenvalue weighted by molar-refractivity contribution is 9.11. The Hall–Kier alpha value is 0.100.